The average Bonchev–Trinajstić information content (AvgIpc) is 3.46. The third kappa shape index (κ3) is 6.24. The predicted octanol–water partition coefficient (Wildman–Crippen LogP) is 2.29. The van der Waals surface area contributed by atoms with Crippen molar-refractivity contribution in [1.29, 1.82) is 0 Å². The molecule has 3 rings (SSSR count). The first kappa shape index (κ1) is 20.2. The van der Waals surface area contributed by atoms with Crippen molar-refractivity contribution in [3.8, 4) is 11.5 Å². The van der Waals surface area contributed by atoms with Gasteiger partial charge in [0.15, 0.2) is 0 Å². The van der Waals surface area contributed by atoms with E-state index < -0.39 is 22.0 Å². The Labute approximate surface area is 164 Å². The zero-order valence-corrected chi connectivity index (χ0v) is 16.2. The summed E-state index contributed by atoms with van der Waals surface area (Å²) in [5, 5.41) is 9.25. The normalized spacial score (nSPS) is 17.0. The van der Waals surface area contributed by atoms with Gasteiger partial charge in [-0.05, 0) is 41.8 Å². The van der Waals surface area contributed by atoms with Gasteiger partial charge in [-0.15, -0.1) is 0 Å². The lowest BCUT2D eigenvalue weighted by atomic mass is 9.96. The topological polar surface area (TPSA) is 102 Å². The van der Waals surface area contributed by atoms with Crippen LogP contribution in [0.25, 0.3) is 0 Å². The fraction of sp³-hybridized carbons (Fsp3) is 0.350. The maximum absolute atomic E-state index is 11.3. The highest BCUT2D eigenvalue weighted by atomic mass is 32.2. The number of carboxylic acids is 1. The van der Waals surface area contributed by atoms with Gasteiger partial charge >= 0.3 is 16.1 Å². The Balaban J connectivity index is 1.46. The maximum Gasteiger partial charge on any atom is 0.309 e. The predicted molar refractivity (Wildman–Crippen MR) is 102 cm³/mol. The molecule has 1 heterocycles. The first-order chi connectivity index (χ1) is 13.3. The highest BCUT2D eigenvalue weighted by molar-refractivity contribution is 7.86. The molecule has 2 aromatic carbocycles. The van der Waals surface area contributed by atoms with Gasteiger partial charge in [-0.25, -0.2) is 0 Å². The highest BCUT2D eigenvalue weighted by Gasteiger charge is 2.37. The van der Waals surface area contributed by atoms with Gasteiger partial charge in [-0.1, -0.05) is 24.3 Å². The Kier molecular flexibility index (Phi) is 6.21. The number of rotatable bonds is 10. The van der Waals surface area contributed by atoms with Crippen LogP contribution in [-0.2, 0) is 32.5 Å². The largest absolute Gasteiger partial charge is 0.493 e. The second kappa shape index (κ2) is 8.62. The van der Waals surface area contributed by atoms with Gasteiger partial charge in [-0.3, -0.25) is 4.79 Å². The number of carboxylic acid groups (broad SMARTS) is 1. The number of aliphatic carboxylic acids is 1. The van der Waals surface area contributed by atoms with E-state index in [9.17, 15) is 18.3 Å². The lowest BCUT2D eigenvalue weighted by Gasteiger charge is -2.11. The van der Waals surface area contributed by atoms with Crippen LogP contribution in [0.15, 0.2) is 48.5 Å². The number of ether oxygens (including phenoxy) is 2. The monoisotopic (exact) mass is 406 g/mol. The third-order valence-corrected chi connectivity index (χ3v) is 4.83. The van der Waals surface area contributed by atoms with Crippen molar-refractivity contribution in [2.45, 2.75) is 18.9 Å². The Bertz CT molecular complexity index is 901. The molecule has 2 aromatic rings. The van der Waals surface area contributed by atoms with E-state index in [2.05, 4.69) is 0 Å². The van der Waals surface area contributed by atoms with Crippen molar-refractivity contribution in [3.05, 3.63) is 59.7 Å². The molecule has 0 bridgehead atoms. The molecule has 0 spiro atoms. The van der Waals surface area contributed by atoms with Gasteiger partial charge in [0.1, 0.15) is 11.5 Å². The summed E-state index contributed by atoms with van der Waals surface area (Å²) in [6.07, 6.45) is 1.91. The molecule has 0 aliphatic carbocycles. The smallest absolute Gasteiger partial charge is 0.309 e. The molecule has 1 N–H and O–H groups in total. The van der Waals surface area contributed by atoms with Crippen LogP contribution >= 0.6 is 0 Å². The molecule has 7 nitrogen and oxygen atoms in total. The Morgan fingerprint density at radius 2 is 1.68 bits per heavy atom. The van der Waals surface area contributed by atoms with E-state index in [1.807, 2.05) is 24.3 Å². The summed E-state index contributed by atoms with van der Waals surface area (Å²) in [5.74, 6) is -0.369. The number of hydrogen-bond donors (Lipinski definition) is 1. The maximum atomic E-state index is 11.3. The van der Waals surface area contributed by atoms with Gasteiger partial charge in [0.25, 0.3) is 0 Å². The van der Waals surface area contributed by atoms with Crippen molar-refractivity contribution in [3.63, 3.8) is 0 Å². The quantitative estimate of drug-likeness (QED) is 0.477. The summed E-state index contributed by atoms with van der Waals surface area (Å²) in [7, 11) is -3.52. The van der Waals surface area contributed by atoms with Crippen LogP contribution < -0.4 is 8.92 Å². The molecule has 0 aromatic heterocycles. The lowest BCUT2D eigenvalue weighted by Crippen LogP contribution is -2.22. The minimum Gasteiger partial charge on any atom is -0.493 e. The molecule has 150 valence electrons. The van der Waals surface area contributed by atoms with Crippen molar-refractivity contribution in [2.75, 3.05) is 19.5 Å². The molecule has 0 amide bonds. The van der Waals surface area contributed by atoms with Crippen LogP contribution in [0.4, 0.5) is 0 Å². The van der Waals surface area contributed by atoms with Crippen molar-refractivity contribution in [2.24, 2.45) is 5.92 Å². The van der Waals surface area contributed by atoms with E-state index in [0.29, 0.717) is 31.8 Å². The molecule has 1 unspecified atom stereocenters. The van der Waals surface area contributed by atoms with Crippen molar-refractivity contribution >= 4 is 16.1 Å². The summed E-state index contributed by atoms with van der Waals surface area (Å²) in [6.45, 7) is 0.971. The number of hydrogen-bond acceptors (Lipinski definition) is 6. The van der Waals surface area contributed by atoms with Crippen LogP contribution in [0.2, 0.25) is 0 Å². The van der Waals surface area contributed by atoms with Gasteiger partial charge in [-0.2, -0.15) is 8.42 Å². The summed E-state index contributed by atoms with van der Waals surface area (Å²) < 4.78 is 37.8. The first-order valence-corrected chi connectivity index (χ1v) is 10.7. The molecular formula is C20H22O7S. The first-order valence-electron chi connectivity index (χ1n) is 8.85. The fourth-order valence-electron chi connectivity index (χ4n) is 2.81. The lowest BCUT2D eigenvalue weighted by molar-refractivity contribution is -0.142. The van der Waals surface area contributed by atoms with Gasteiger partial charge in [0, 0.05) is 6.42 Å². The summed E-state index contributed by atoms with van der Waals surface area (Å²) in [6, 6.07) is 14.2. The van der Waals surface area contributed by atoms with E-state index in [0.717, 1.165) is 17.4 Å². The SMILES string of the molecule is CS(=O)(=O)Oc1ccc(CCOc2ccc(C[C@H](C(=O)O)C3CO3)cc2)cc1. The molecule has 28 heavy (non-hydrogen) atoms. The standard InChI is InChI=1S/C20H22O7S/c1-28(23,24)27-17-8-2-14(3-9-17)10-11-25-16-6-4-15(5-7-16)12-18(20(21)22)19-13-26-19/h2-9,18-19H,10-13H2,1H3,(H,21,22)/t18-,19?/m0/s1. The highest BCUT2D eigenvalue weighted by Crippen LogP contribution is 2.25. The van der Waals surface area contributed by atoms with E-state index in [-0.39, 0.29) is 11.9 Å². The second-order valence-corrected chi connectivity index (χ2v) is 8.27. The Hall–Kier alpha value is -2.58. The Morgan fingerprint density at radius 1 is 1.11 bits per heavy atom. The average molecular weight is 406 g/mol. The van der Waals surface area contributed by atoms with Gasteiger partial charge in [0.2, 0.25) is 0 Å². The minimum atomic E-state index is -3.52. The molecular weight excluding hydrogens is 384 g/mol. The van der Waals surface area contributed by atoms with E-state index in [1.54, 1.807) is 24.3 Å². The van der Waals surface area contributed by atoms with Gasteiger partial charge in [0.05, 0.1) is 31.5 Å². The Morgan fingerprint density at radius 3 is 2.21 bits per heavy atom. The third-order valence-electron chi connectivity index (χ3n) is 4.33. The van der Waals surface area contributed by atoms with Crippen molar-refractivity contribution in [1.82, 2.24) is 0 Å². The molecule has 1 saturated heterocycles. The number of carbonyl (C=O) groups is 1. The van der Waals surface area contributed by atoms with Crippen LogP contribution in [0.3, 0.4) is 0 Å². The number of benzene rings is 2. The summed E-state index contributed by atoms with van der Waals surface area (Å²) in [4.78, 5) is 11.3. The van der Waals surface area contributed by atoms with E-state index >= 15 is 0 Å². The minimum absolute atomic E-state index is 0.178. The summed E-state index contributed by atoms with van der Waals surface area (Å²) in [5.41, 5.74) is 1.92. The second-order valence-electron chi connectivity index (χ2n) is 6.69. The van der Waals surface area contributed by atoms with Crippen LogP contribution in [0, 0.1) is 5.92 Å². The zero-order chi connectivity index (χ0) is 20.1. The van der Waals surface area contributed by atoms with Gasteiger partial charge < -0.3 is 18.8 Å². The van der Waals surface area contributed by atoms with Crippen LogP contribution in [0.5, 0.6) is 11.5 Å². The summed E-state index contributed by atoms with van der Waals surface area (Å²) >= 11 is 0. The molecule has 2 atom stereocenters. The van der Waals surface area contributed by atoms with E-state index in [1.165, 1.54) is 0 Å². The van der Waals surface area contributed by atoms with Crippen LogP contribution in [-0.4, -0.2) is 45.1 Å². The molecule has 0 radical (unpaired) electrons. The molecule has 1 aliphatic heterocycles. The molecule has 1 aliphatic rings. The zero-order valence-electron chi connectivity index (χ0n) is 15.4. The molecule has 8 heteroatoms. The fourth-order valence-corrected chi connectivity index (χ4v) is 3.28. The number of epoxide rings is 1. The molecule has 0 saturated carbocycles. The molecule has 1 fully saturated rings. The van der Waals surface area contributed by atoms with E-state index in [4.69, 9.17) is 13.7 Å². The van der Waals surface area contributed by atoms with Crippen LogP contribution in [0.1, 0.15) is 11.1 Å². The van der Waals surface area contributed by atoms with Crippen molar-refractivity contribution < 1.29 is 32.0 Å².